The number of carbonyl (C=O) groups is 7. The van der Waals surface area contributed by atoms with Crippen LogP contribution in [0.2, 0.25) is 0 Å². The van der Waals surface area contributed by atoms with Crippen LogP contribution in [-0.4, -0.2) is 86.0 Å². The van der Waals surface area contributed by atoms with Crippen LogP contribution in [-0.2, 0) is 65.4 Å². The van der Waals surface area contributed by atoms with Gasteiger partial charge in [0.25, 0.3) is 0 Å². The molecule has 3 rings (SSSR count). The van der Waals surface area contributed by atoms with Crippen LogP contribution in [0, 0.1) is 17.8 Å². The van der Waals surface area contributed by atoms with Crippen LogP contribution in [0.25, 0.3) is 0 Å². The van der Waals surface area contributed by atoms with E-state index < -0.39 is 0 Å². The zero-order chi connectivity index (χ0) is 66.4. The van der Waals surface area contributed by atoms with Gasteiger partial charge < -0.3 is 38.1 Å². The Labute approximate surface area is 551 Å². The Bertz CT molecular complexity index is 2230. The second-order valence-electron chi connectivity index (χ2n) is 25.7. The zero-order valence-electron chi connectivity index (χ0n) is 58.0. The minimum atomic E-state index is -0.309. The number of ether oxygens (including phenoxy) is 6. The quantitative estimate of drug-likeness (QED) is 0.0201. The molecule has 516 valence electrons. The van der Waals surface area contributed by atoms with E-state index in [-0.39, 0.29) is 48.5 Å². The summed E-state index contributed by atoms with van der Waals surface area (Å²) in [7, 11) is 0. The Morgan fingerprint density at radius 2 is 0.846 bits per heavy atom. The van der Waals surface area contributed by atoms with E-state index in [2.05, 4.69) is 46.1 Å². The Morgan fingerprint density at radius 1 is 0.418 bits per heavy atom. The van der Waals surface area contributed by atoms with E-state index in [4.69, 9.17) is 28.4 Å². The molecule has 1 unspecified atom stereocenters. The average Bonchev–Trinajstić information content (AvgIpc) is 3.74. The summed E-state index contributed by atoms with van der Waals surface area (Å²) in [5.41, 5.74) is 1.86. The highest BCUT2D eigenvalue weighted by Gasteiger charge is 2.25. The summed E-state index contributed by atoms with van der Waals surface area (Å²) in [5.74, 6) is 2.86. The van der Waals surface area contributed by atoms with E-state index in [9.17, 15) is 33.6 Å². The Balaban J connectivity index is 0.000000624. The SMILES string of the molecule is C=C(Cc1ccc(OC(=O)CCCCCC(=O)OCCCCCCCCC)cc1)OCCC1CCC(CC(=O)N(CCC)CCC)CC1.CCCCCCCCCOC(=O)CCCCCC(=O)Oc1ccc(CC(=O)OCCC(CCC)CCCCC(C)=O)cc1. The number of Topliss-reactive ketones (excluding diaryl/α,β-unsaturated/α-hetero) is 1. The number of rotatable bonds is 54. The molecule has 0 N–H and O–H groups in total. The van der Waals surface area contributed by atoms with Gasteiger partial charge in [-0.25, -0.2) is 0 Å². The van der Waals surface area contributed by atoms with E-state index >= 15 is 0 Å². The first-order valence-corrected chi connectivity index (χ1v) is 36.3. The predicted molar refractivity (Wildman–Crippen MR) is 366 cm³/mol. The maximum atomic E-state index is 12.7. The van der Waals surface area contributed by atoms with Crippen molar-refractivity contribution in [2.75, 3.05) is 39.5 Å². The minimum Gasteiger partial charge on any atom is -0.498 e. The summed E-state index contributed by atoms with van der Waals surface area (Å²) in [6, 6.07) is 14.5. The molecule has 1 aliphatic carbocycles. The standard InChI is InChI=1S/C41H67NO6.C36H58O7/c1-5-8-9-10-11-12-16-30-47-40(44)17-14-13-15-18-41(45)48-38-25-23-36(24-26-38)32-34(4)46-31-27-35-19-21-37(22-20-35)33-39(43)42(28-6-2)29-7-3;1-4-6-7-8-9-10-16-27-41-34(38)20-12-11-13-21-35(39)43-33-24-22-32(23-25-33)29-36(40)42-28-26-31(17-5-2)19-15-14-18-30(3)37/h23-26,35,37H,4-22,27-33H2,1-3H3;22-25,31H,4-21,26-29H2,1-3H3. The molecular weight excluding hydrogens is 1150 g/mol. The predicted octanol–water partition coefficient (Wildman–Crippen LogP) is 19.0. The summed E-state index contributed by atoms with van der Waals surface area (Å²) >= 11 is 0. The summed E-state index contributed by atoms with van der Waals surface area (Å²) in [6.45, 7) is 20.5. The third kappa shape index (κ3) is 45.4. The second-order valence-corrected chi connectivity index (χ2v) is 25.7. The fourth-order valence-corrected chi connectivity index (χ4v) is 11.6. The van der Waals surface area contributed by atoms with Crippen LogP contribution >= 0.6 is 0 Å². The van der Waals surface area contributed by atoms with Crippen molar-refractivity contribution >= 4 is 41.5 Å². The number of nitrogens with zero attached hydrogens (tertiary/aromatic N) is 1. The Hall–Kier alpha value is -5.53. The fraction of sp³-hybridized carbons (Fsp3) is 0.727. The molecule has 14 nitrogen and oxygen atoms in total. The van der Waals surface area contributed by atoms with Gasteiger partial charge in [0, 0.05) is 58.0 Å². The monoisotopic (exact) mass is 1270 g/mol. The zero-order valence-corrected chi connectivity index (χ0v) is 58.0. The molecule has 2 aromatic rings. The van der Waals surface area contributed by atoms with Gasteiger partial charge in [-0.15, -0.1) is 0 Å². The van der Waals surface area contributed by atoms with Gasteiger partial charge in [-0.05, 0) is 144 Å². The third-order valence-electron chi connectivity index (χ3n) is 17.1. The van der Waals surface area contributed by atoms with Gasteiger partial charge in [0.05, 0.1) is 38.6 Å². The lowest BCUT2D eigenvalue weighted by Gasteiger charge is -2.30. The average molecular weight is 1270 g/mol. The van der Waals surface area contributed by atoms with Crippen molar-refractivity contribution in [2.45, 2.75) is 305 Å². The van der Waals surface area contributed by atoms with E-state index in [0.717, 1.165) is 146 Å². The number of hydrogen-bond acceptors (Lipinski definition) is 13. The van der Waals surface area contributed by atoms with Gasteiger partial charge in [0.2, 0.25) is 5.91 Å². The maximum absolute atomic E-state index is 12.7. The molecule has 0 saturated heterocycles. The largest absolute Gasteiger partial charge is 0.498 e. The maximum Gasteiger partial charge on any atom is 0.311 e. The first kappa shape index (κ1) is 81.6. The molecule has 14 heteroatoms. The van der Waals surface area contributed by atoms with Crippen LogP contribution in [0.5, 0.6) is 11.5 Å². The Morgan fingerprint density at radius 3 is 1.32 bits per heavy atom. The molecule has 0 heterocycles. The molecular formula is C77H125NO13. The fourth-order valence-electron chi connectivity index (χ4n) is 11.6. The molecule has 0 aliphatic heterocycles. The molecule has 1 fully saturated rings. The topological polar surface area (TPSA) is 178 Å². The highest BCUT2D eigenvalue weighted by molar-refractivity contribution is 5.77. The number of ketones is 1. The van der Waals surface area contributed by atoms with E-state index in [1.165, 1.54) is 77.0 Å². The summed E-state index contributed by atoms with van der Waals surface area (Å²) in [6.07, 6.45) is 38.4. The van der Waals surface area contributed by atoms with Crippen molar-refractivity contribution in [3.63, 3.8) is 0 Å². The number of carbonyl (C=O) groups excluding carboxylic acids is 7. The van der Waals surface area contributed by atoms with Crippen LogP contribution in [0.1, 0.15) is 303 Å². The van der Waals surface area contributed by atoms with E-state index in [1.807, 2.05) is 24.3 Å². The van der Waals surface area contributed by atoms with Crippen molar-refractivity contribution in [3.05, 3.63) is 72.0 Å². The summed E-state index contributed by atoms with van der Waals surface area (Å²) < 4.78 is 33.0. The van der Waals surface area contributed by atoms with Crippen LogP contribution in [0.15, 0.2) is 60.9 Å². The summed E-state index contributed by atoms with van der Waals surface area (Å²) in [5, 5.41) is 0. The lowest BCUT2D eigenvalue weighted by Crippen LogP contribution is -2.34. The van der Waals surface area contributed by atoms with E-state index in [0.29, 0.717) is 119 Å². The number of allylic oxidation sites excluding steroid dienone is 1. The molecule has 0 radical (unpaired) electrons. The lowest BCUT2D eigenvalue weighted by atomic mass is 9.79. The first-order valence-electron chi connectivity index (χ1n) is 36.3. The van der Waals surface area contributed by atoms with Gasteiger partial charge in [0.15, 0.2) is 0 Å². The number of benzene rings is 2. The second kappa shape index (κ2) is 55.0. The molecule has 1 amide bonds. The van der Waals surface area contributed by atoms with Crippen LogP contribution in [0.4, 0.5) is 0 Å². The number of hydrogen-bond donors (Lipinski definition) is 0. The summed E-state index contributed by atoms with van der Waals surface area (Å²) in [4.78, 5) is 86.5. The smallest absolute Gasteiger partial charge is 0.311 e. The van der Waals surface area contributed by atoms with Gasteiger partial charge >= 0.3 is 29.8 Å². The Kier molecular flexibility index (Phi) is 49.3. The molecule has 1 saturated carbocycles. The van der Waals surface area contributed by atoms with Gasteiger partial charge in [-0.1, -0.05) is 194 Å². The van der Waals surface area contributed by atoms with Crippen LogP contribution < -0.4 is 9.47 Å². The third-order valence-corrected chi connectivity index (χ3v) is 17.1. The first-order chi connectivity index (χ1) is 44.2. The molecule has 2 aromatic carbocycles. The van der Waals surface area contributed by atoms with Crippen molar-refractivity contribution < 1.29 is 62.0 Å². The molecule has 0 aromatic heterocycles. The molecule has 0 bridgehead atoms. The molecule has 0 spiro atoms. The van der Waals surface area contributed by atoms with Crippen molar-refractivity contribution in [1.82, 2.24) is 4.90 Å². The van der Waals surface area contributed by atoms with Crippen molar-refractivity contribution in [3.8, 4) is 11.5 Å². The lowest BCUT2D eigenvalue weighted by molar-refractivity contribution is -0.144. The molecule has 1 atom stereocenters. The van der Waals surface area contributed by atoms with Gasteiger partial charge in [0.1, 0.15) is 17.3 Å². The van der Waals surface area contributed by atoms with Crippen molar-refractivity contribution in [2.24, 2.45) is 17.8 Å². The van der Waals surface area contributed by atoms with Gasteiger partial charge in [-0.2, -0.15) is 0 Å². The molecule has 91 heavy (non-hydrogen) atoms. The number of esters is 5. The van der Waals surface area contributed by atoms with E-state index in [1.54, 1.807) is 31.2 Å². The van der Waals surface area contributed by atoms with Crippen molar-refractivity contribution in [1.29, 1.82) is 0 Å². The highest BCUT2D eigenvalue weighted by Crippen LogP contribution is 2.33. The minimum absolute atomic E-state index is 0.138. The molecule has 1 aliphatic rings. The number of unbranched alkanes of at least 4 members (excludes halogenated alkanes) is 17. The number of amides is 1. The highest BCUT2D eigenvalue weighted by atomic mass is 16.5. The van der Waals surface area contributed by atoms with Gasteiger partial charge in [-0.3, -0.25) is 28.8 Å². The van der Waals surface area contributed by atoms with Crippen LogP contribution in [0.3, 0.4) is 0 Å². The normalized spacial score (nSPS) is 13.9.